The van der Waals surface area contributed by atoms with E-state index in [0.717, 1.165) is 16.6 Å². The summed E-state index contributed by atoms with van der Waals surface area (Å²) in [4.78, 5) is 2.08. The fraction of sp³-hybridized carbons (Fsp3) is 0.385. The van der Waals surface area contributed by atoms with E-state index in [1.165, 1.54) is 0 Å². The quantitative estimate of drug-likeness (QED) is 0.778. The average Bonchev–Trinajstić information content (AvgIpc) is 2.38. The van der Waals surface area contributed by atoms with Gasteiger partial charge in [0.1, 0.15) is 0 Å². The molecule has 2 rings (SSSR count). The lowest BCUT2D eigenvalue weighted by atomic mass is 10.2. The van der Waals surface area contributed by atoms with Gasteiger partial charge in [-0.2, -0.15) is 10.2 Å². The molecule has 2 aromatic rings. The molecule has 0 spiro atoms. The van der Waals surface area contributed by atoms with Crippen LogP contribution in [0.4, 0.5) is 5.69 Å². The van der Waals surface area contributed by atoms with Crippen molar-refractivity contribution < 1.29 is 4.74 Å². The highest BCUT2D eigenvalue weighted by molar-refractivity contribution is 6.21. The van der Waals surface area contributed by atoms with Crippen LogP contribution in [0.15, 0.2) is 30.5 Å². The molecule has 0 amide bonds. The largest absolute Gasteiger partial charge is 0.383 e. The molecular formula is C13H16ClN3O. The van der Waals surface area contributed by atoms with Crippen molar-refractivity contribution >= 4 is 28.2 Å². The number of halogens is 1. The summed E-state index contributed by atoms with van der Waals surface area (Å²) in [5.41, 5.74) is 1.92. The van der Waals surface area contributed by atoms with Crippen LogP contribution >= 0.6 is 11.6 Å². The Morgan fingerprint density at radius 2 is 2.17 bits per heavy atom. The number of rotatable bonds is 5. The molecule has 0 radical (unpaired) electrons. The Morgan fingerprint density at radius 3 is 2.94 bits per heavy atom. The van der Waals surface area contributed by atoms with Gasteiger partial charge in [0.05, 0.1) is 29.4 Å². The van der Waals surface area contributed by atoms with E-state index in [-0.39, 0.29) is 5.38 Å². The van der Waals surface area contributed by atoms with Crippen LogP contribution in [0.3, 0.4) is 0 Å². The van der Waals surface area contributed by atoms with E-state index < -0.39 is 0 Å². The van der Waals surface area contributed by atoms with Crippen LogP contribution in [0.2, 0.25) is 0 Å². The number of benzene rings is 1. The zero-order valence-electron chi connectivity index (χ0n) is 10.5. The standard InChI is InChI=1S/C13H16ClN3O/c1-17(8-10(14)9-18-2)13-7-15-16-12-6-4-3-5-11(12)13/h3-7,10H,8-9H2,1-2H3. The first-order valence-electron chi connectivity index (χ1n) is 5.77. The molecule has 0 saturated carbocycles. The van der Waals surface area contributed by atoms with Gasteiger partial charge in [-0.25, -0.2) is 0 Å². The fourth-order valence-electron chi connectivity index (χ4n) is 1.93. The number of aromatic nitrogens is 2. The minimum atomic E-state index is -0.0491. The van der Waals surface area contributed by atoms with Crippen molar-refractivity contribution in [1.29, 1.82) is 0 Å². The molecule has 18 heavy (non-hydrogen) atoms. The number of anilines is 1. The number of fused-ring (bicyclic) bond motifs is 1. The van der Waals surface area contributed by atoms with E-state index in [9.17, 15) is 0 Å². The summed E-state index contributed by atoms with van der Waals surface area (Å²) in [5, 5.41) is 9.16. The molecule has 0 bridgehead atoms. The van der Waals surface area contributed by atoms with Gasteiger partial charge in [0, 0.05) is 26.1 Å². The monoisotopic (exact) mass is 265 g/mol. The third kappa shape index (κ3) is 2.89. The third-order valence-electron chi connectivity index (χ3n) is 2.76. The van der Waals surface area contributed by atoms with Gasteiger partial charge < -0.3 is 9.64 Å². The first-order chi connectivity index (χ1) is 8.72. The van der Waals surface area contributed by atoms with Crippen molar-refractivity contribution in [3.05, 3.63) is 30.5 Å². The maximum absolute atomic E-state index is 6.17. The van der Waals surface area contributed by atoms with E-state index >= 15 is 0 Å². The molecule has 0 aliphatic rings. The minimum absolute atomic E-state index is 0.0491. The predicted octanol–water partition coefficient (Wildman–Crippen LogP) is 2.32. The molecular weight excluding hydrogens is 250 g/mol. The summed E-state index contributed by atoms with van der Waals surface area (Å²) in [5.74, 6) is 0. The van der Waals surface area contributed by atoms with Gasteiger partial charge in [0.25, 0.3) is 0 Å². The first kappa shape index (κ1) is 13.1. The zero-order chi connectivity index (χ0) is 13.0. The van der Waals surface area contributed by atoms with Crippen molar-refractivity contribution in [2.24, 2.45) is 0 Å². The highest BCUT2D eigenvalue weighted by Gasteiger charge is 2.12. The van der Waals surface area contributed by atoms with Crippen molar-refractivity contribution in [2.45, 2.75) is 5.38 Å². The van der Waals surface area contributed by atoms with Gasteiger partial charge in [-0.05, 0) is 6.07 Å². The van der Waals surface area contributed by atoms with Gasteiger partial charge >= 0.3 is 0 Å². The molecule has 0 aliphatic carbocycles. The fourth-order valence-corrected chi connectivity index (χ4v) is 2.26. The average molecular weight is 266 g/mol. The summed E-state index contributed by atoms with van der Waals surface area (Å²) in [6.07, 6.45) is 1.76. The second kappa shape index (κ2) is 5.98. The number of ether oxygens (including phenoxy) is 1. The molecule has 4 nitrogen and oxygen atoms in total. The van der Waals surface area contributed by atoms with Crippen molar-refractivity contribution in [2.75, 3.05) is 32.2 Å². The van der Waals surface area contributed by atoms with Gasteiger partial charge in [-0.3, -0.25) is 0 Å². The lowest BCUT2D eigenvalue weighted by molar-refractivity contribution is 0.199. The van der Waals surface area contributed by atoms with Crippen molar-refractivity contribution in [3.8, 4) is 0 Å². The number of hydrogen-bond donors (Lipinski definition) is 0. The van der Waals surface area contributed by atoms with E-state index in [0.29, 0.717) is 13.2 Å². The molecule has 1 heterocycles. The lowest BCUT2D eigenvalue weighted by Gasteiger charge is -2.22. The van der Waals surface area contributed by atoms with Crippen LogP contribution in [0, 0.1) is 0 Å². The summed E-state index contributed by atoms with van der Waals surface area (Å²) < 4.78 is 5.04. The SMILES string of the molecule is COCC(Cl)CN(C)c1cnnc2ccccc12. The Labute approximate surface area is 112 Å². The Bertz CT molecular complexity index is 515. The predicted molar refractivity (Wildman–Crippen MR) is 74.3 cm³/mol. The molecule has 0 N–H and O–H groups in total. The van der Waals surface area contributed by atoms with Crippen LogP contribution in [0.5, 0.6) is 0 Å². The molecule has 1 unspecified atom stereocenters. The molecule has 0 fully saturated rings. The van der Waals surface area contributed by atoms with Crippen LogP contribution in [-0.2, 0) is 4.74 Å². The number of methoxy groups -OCH3 is 1. The summed E-state index contributed by atoms with van der Waals surface area (Å²) in [6, 6.07) is 7.94. The van der Waals surface area contributed by atoms with E-state index in [2.05, 4.69) is 15.1 Å². The van der Waals surface area contributed by atoms with Gasteiger partial charge in [0.15, 0.2) is 0 Å². The minimum Gasteiger partial charge on any atom is -0.383 e. The Hall–Kier alpha value is -1.39. The number of hydrogen-bond acceptors (Lipinski definition) is 4. The second-order valence-electron chi connectivity index (χ2n) is 4.18. The maximum Gasteiger partial charge on any atom is 0.0950 e. The molecule has 1 aromatic carbocycles. The summed E-state index contributed by atoms with van der Waals surface area (Å²) in [7, 11) is 3.65. The summed E-state index contributed by atoms with van der Waals surface area (Å²) >= 11 is 6.17. The lowest BCUT2D eigenvalue weighted by Crippen LogP contribution is -2.28. The molecule has 96 valence electrons. The van der Waals surface area contributed by atoms with E-state index in [4.69, 9.17) is 16.3 Å². The first-order valence-corrected chi connectivity index (χ1v) is 6.20. The van der Waals surface area contributed by atoms with Gasteiger partial charge in [-0.15, -0.1) is 11.6 Å². The molecule has 0 aliphatic heterocycles. The molecule has 1 aromatic heterocycles. The normalized spacial score (nSPS) is 12.6. The number of nitrogens with zero attached hydrogens (tertiary/aromatic N) is 3. The zero-order valence-corrected chi connectivity index (χ0v) is 11.3. The second-order valence-corrected chi connectivity index (χ2v) is 4.80. The van der Waals surface area contributed by atoms with Gasteiger partial charge in [-0.1, -0.05) is 18.2 Å². The third-order valence-corrected chi connectivity index (χ3v) is 3.02. The van der Waals surface area contributed by atoms with Crippen molar-refractivity contribution in [3.63, 3.8) is 0 Å². The maximum atomic E-state index is 6.17. The van der Waals surface area contributed by atoms with Crippen LogP contribution in [0.25, 0.3) is 10.9 Å². The Kier molecular flexibility index (Phi) is 4.33. The molecule has 0 saturated heterocycles. The highest BCUT2D eigenvalue weighted by atomic mass is 35.5. The molecule has 1 atom stereocenters. The summed E-state index contributed by atoms with van der Waals surface area (Å²) in [6.45, 7) is 1.23. The Balaban J connectivity index is 2.24. The van der Waals surface area contributed by atoms with Crippen LogP contribution < -0.4 is 4.90 Å². The van der Waals surface area contributed by atoms with Crippen LogP contribution in [-0.4, -0.2) is 42.9 Å². The Morgan fingerprint density at radius 1 is 1.39 bits per heavy atom. The van der Waals surface area contributed by atoms with Gasteiger partial charge in [0.2, 0.25) is 0 Å². The topological polar surface area (TPSA) is 38.2 Å². The number of alkyl halides is 1. The van der Waals surface area contributed by atoms with Crippen molar-refractivity contribution in [1.82, 2.24) is 10.2 Å². The highest BCUT2D eigenvalue weighted by Crippen LogP contribution is 2.23. The molecule has 5 heteroatoms. The van der Waals surface area contributed by atoms with Crippen LogP contribution in [0.1, 0.15) is 0 Å². The van der Waals surface area contributed by atoms with E-state index in [1.54, 1.807) is 13.3 Å². The smallest absolute Gasteiger partial charge is 0.0950 e. The van der Waals surface area contributed by atoms with E-state index in [1.807, 2.05) is 31.3 Å².